The van der Waals surface area contributed by atoms with E-state index in [0.29, 0.717) is 5.56 Å². The van der Waals surface area contributed by atoms with Gasteiger partial charge in [0.15, 0.2) is 0 Å². The van der Waals surface area contributed by atoms with Gasteiger partial charge in [0.2, 0.25) is 0 Å². The molecule has 0 bridgehead atoms. The summed E-state index contributed by atoms with van der Waals surface area (Å²) in [7, 11) is 0. The molecule has 1 fully saturated rings. The summed E-state index contributed by atoms with van der Waals surface area (Å²) in [5.41, 5.74) is 1.58. The third-order valence-corrected chi connectivity index (χ3v) is 3.72. The van der Waals surface area contributed by atoms with Crippen LogP contribution in [0.2, 0.25) is 0 Å². The van der Waals surface area contributed by atoms with E-state index in [9.17, 15) is 4.79 Å². The molecule has 0 spiro atoms. The SMILES string of the molecule is CCNc1ccncc1C(=O)N1CCCC(C)CC1. The van der Waals surface area contributed by atoms with Crippen LogP contribution in [0.5, 0.6) is 0 Å². The van der Waals surface area contributed by atoms with E-state index < -0.39 is 0 Å². The topological polar surface area (TPSA) is 45.2 Å². The van der Waals surface area contributed by atoms with E-state index in [-0.39, 0.29) is 5.91 Å². The van der Waals surface area contributed by atoms with Gasteiger partial charge in [0.05, 0.1) is 11.3 Å². The Hall–Kier alpha value is -1.58. The van der Waals surface area contributed by atoms with Crippen LogP contribution < -0.4 is 5.32 Å². The minimum absolute atomic E-state index is 0.109. The Bertz CT molecular complexity index is 433. The number of nitrogens with zero attached hydrogens (tertiary/aromatic N) is 2. The number of nitrogens with one attached hydrogen (secondary N) is 1. The van der Waals surface area contributed by atoms with Crippen molar-refractivity contribution in [2.45, 2.75) is 33.1 Å². The minimum Gasteiger partial charge on any atom is -0.385 e. The molecule has 1 aromatic heterocycles. The molecule has 1 saturated heterocycles. The fourth-order valence-corrected chi connectivity index (χ4v) is 2.55. The molecular formula is C15H23N3O. The molecular weight excluding hydrogens is 238 g/mol. The van der Waals surface area contributed by atoms with Crippen LogP contribution in [-0.4, -0.2) is 35.4 Å². The summed E-state index contributed by atoms with van der Waals surface area (Å²) < 4.78 is 0. The van der Waals surface area contributed by atoms with Crippen LogP contribution in [-0.2, 0) is 0 Å². The van der Waals surface area contributed by atoms with Crippen LogP contribution in [0, 0.1) is 5.92 Å². The van der Waals surface area contributed by atoms with Crippen molar-refractivity contribution >= 4 is 11.6 Å². The Kier molecular flexibility index (Phi) is 4.77. The van der Waals surface area contributed by atoms with Gasteiger partial charge in [-0.05, 0) is 38.2 Å². The van der Waals surface area contributed by atoms with Gasteiger partial charge in [-0.3, -0.25) is 9.78 Å². The molecule has 4 nitrogen and oxygen atoms in total. The van der Waals surface area contributed by atoms with Gasteiger partial charge in [-0.2, -0.15) is 0 Å². The van der Waals surface area contributed by atoms with E-state index in [1.54, 1.807) is 12.4 Å². The predicted octanol–water partition coefficient (Wildman–Crippen LogP) is 2.78. The summed E-state index contributed by atoms with van der Waals surface area (Å²) in [5.74, 6) is 0.832. The lowest BCUT2D eigenvalue weighted by atomic mass is 10.0. The van der Waals surface area contributed by atoms with E-state index in [2.05, 4.69) is 17.2 Å². The average Bonchev–Trinajstić information content (AvgIpc) is 2.64. The molecule has 0 aromatic carbocycles. The maximum absolute atomic E-state index is 12.6. The zero-order valence-electron chi connectivity index (χ0n) is 11.9. The highest BCUT2D eigenvalue weighted by Gasteiger charge is 2.21. The highest BCUT2D eigenvalue weighted by molar-refractivity contribution is 5.99. The van der Waals surface area contributed by atoms with Gasteiger partial charge in [0.1, 0.15) is 0 Å². The fraction of sp³-hybridized carbons (Fsp3) is 0.600. The van der Waals surface area contributed by atoms with Gasteiger partial charge in [-0.15, -0.1) is 0 Å². The van der Waals surface area contributed by atoms with Crippen molar-refractivity contribution in [3.63, 3.8) is 0 Å². The lowest BCUT2D eigenvalue weighted by Gasteiger charge is -2.21. The Morgan fingerprint density at radius 2 is 2.32 bits per heavy atom. The molecule has 1 amide bonds. The summed E-state index contributed by atoms with van der Waals surface area (Å²) in [5, 5.41) is 3.23. The average molecular weight is 261 g/mol. The molecule has 1 aromatic rings. The number of hydrogen-bond donors (Lipinski definition) is 1. The van der Waals surface area contributed by atoms with E-state index in [0.717, 1.165) is 44.1 Å². The molecule has 1 aliphatic rings. The number of likely N-dealkylation sites (tertiary alicyclic amines) is 1. The molecule has 4 heteroatoms. The number of carbonyl (C=O) groups excluding carboxylic acids is 1. The molecule has 0 aliphatic carbocycles. The lowest BCUT2D eigenvalue weighted by molar-refractivity contribution is 0.0761. The summed E-state index contributed by atoms with van der Waals surface area (Å²) in [6, 6.07) is 1.87. The van der Waals surface area contributed by atoms with E-state index in [4.69, 9.17) is 0 Å². The first-order valence-electron chi connectivity index (χ1n) is 7.19. The smallest absolute Gasteiger partial charge is 0.257 e. The quantitative estimate of drug-likeness (QED) is 0.910. The van der Waals surface area contributed by atoms with Crippen molar-refractivity contribution in [1.29, 1.82) is 0 Å². The predicted molar refractivity (Wildman–Crippen MR) is 77.3 cm³/mol. The van der Waals surface area contributed by atoms with E-state index >= 15 is 0 Å². The summed E-state index contributed by atoms with van der Waals surface area (Å²) in [6.45, 7) is 6.83. The van der Waals surface area contributed by atoms with Crippen LogP contribution in [0.3, 0.4) is 0 Å². The van der Waals surface area contributed by atoms with Crippen molar-refractivity contribution in [1.82, 2.24) is 9.88 Å². The number of aromatic nitrogens is 1. The maximum Gasteiger partial charge on any atom is 0.257 e. The summed E-state index contributed by atoms with van der Waals surface area (Å²) >= 11 is 0. The maximum atomic E-state index is 12.6. The van der Waals surface area contributed by atoms with Crippen LogP contribution in [0.4, 0.5) is 5.69 Å². The van der Waals surface area contributed by atoms with Crippen LogP contribution >= 0.6 is 0 Å². The minimum atomic E-state index is 0.109. The van der Waals surface area contributed by atoms with Crippen molar-refractivity contribution in [3.05, 3.63) is 24.0 Å². The molecule has 1 aliphatic heterocycles. The molecule has 2 rings (SSSR count). The zero-order valence-corrected chi connectivity index (χ0v) is 11.9. The fourth-order valence-electron chi connectivity index (χ4n) is 2.55. The number of amides is 1. The first-order valence-corrected chi connectivity index (χ1v) is 7.19. The van der Waals surface area contributed by atoms with Gasteiger partial charge >= 0.3 is 0 Å². The first kappa shape index (κ1) is 13.8. The van der Waals surface area contributed by atoms with Crippen molar-refractivity contribution in [2.75, 3.05) is 25.0 Å². The van der Waals surface area contributed by atoms with E-state index in [1.807, 2.05) is 17.9 Å². The lowest BCUT2D eigenvalue weighted by Crippen LogP contribution is -2.32. The van der Waals surface area contributed by atoms with Gasteiger partial charge in [-0.25, -0.2) is 0 Å². The molecule has 0 radical (unpaired) electrons. The Balaban J connectivity index is 2.14. The number of pyridine rings is 1. The number of rotatable bonds is 3. The standard InChI is InChI=1S/C15H23N3O/c1-3-17-14-6-8-16-11-13(14)15(19)18-9-4-5-12(2)7-10-18/h6,8,11-12H,3-5,7,9-10H2,1-2H3,(H,16,17). The second-order valence-corrected chi connectivity index (χ2v) is 5.28. The first-order chi connectivity index (χ1) is 9.22. The zero-order chi connectivity index (χ0) is 13.7. The largest absolute Gasteiger partial charge is 0.385 e. The van der Waals surface area contributed by atoms with Gasteiger partial charge in [0, 0.05) is 32.0 Å². The van der Waals surface area contributed by atoms with Crippen molar-refractivity contribution in [3.8, 4) is 0 Å². The molecule has 104 valence electrons. The third-order valence-electron chi connectivity index (χ3n) is 3.72. The second kappa shape index (κ2) is 6.55. The van der Waals surface area contributed by atoms with E-state index in [1.165, 1.54) is 6.42 Å². The molecule has 2 heterocycles. The second-order valence-electron chi connectivity index (χ2n) is 5.28. The van der Waals surface area contributed by atoms with Crippen LogP contribution in [0.1, 0.15) is 43.5 Å². The Morgan fingerprint density at radius 1 is 1.47 bits per heavy atom. The molecule has 1 atom stereocenters. The number of carbonyl (C=O) groups is 1. The van der Waals surface area contributed by atoms with Gasteiger partial charge in [0.25, 0.3) is 5.91 Å². The number of anilines is 1. The Morgan fingerprint density at radius 3 is 3.11 bits per heavy atom. The Labute approximate surface area is 115 Å². The van der Waals surface area contributed by atoms with Crippen molar-refractivity contribution < 1.29 is 4.79 Å². The monoisotopic (exact) mass is 261 g/mol. The molecule has 0 saturated carbocycles. The molecule has 1 N–H and O–H groups in total. The van der Waals surface area contributed by atoms with Crippen LogP contribution in [0.15, 0.2) is 18.5 Å². The molecule has 1 unspecified atom stereocenters. The summed E-state index contributed by atoms with van der Waals surface area (Å²) in [4.78, 5) is 18.7. The van der Waals surface area contributed by atoms with Gasteiger partial charge in [-0.1, -0.05) is 6.92 Å². The number of hydrogen-bond acceptors (Lipinski definition) is 3. The van der Waals surface area contributed by atoms with Crippen LogP contribution in [0.25, 0.3) is 0 Å². The van der Waals surface area contributed by atoms with Crippen molar-refractivity contribution in [2.24, 2.45) is 5.92 Å². The van der Waals surface area contributed by atoms with Gasteiger partial charge < -0.3 is 10.2 Å². The summed E-state index contributed by atoms with van der Waals surface area (Å²) in [6.07, 6.45) is 6.82. The molecule has 19 heavy (non-hydrogen) atoms. The normalized spacial score (nSPS) is 19.9. The highest BCUT2D eigenvalue weighted by Crippen LogP contribution is 2.21. The highest BCUT2D eigenvalue weighted by atomic mass is 16.2. The third kappa shape index (κ3) is 3.46.